The van der Waals surface area contributed by atoms with E-state index in [1.165, 1.54) is 19.2 Å². The van der Waals surface area contributed by atoms with Crippen molar-refractivity contribution in [2.75, 3.05) is 20.3 Å². The summed E-state index contributed by atoms with van der Waals surface area (Å²) in [6, 6.07) is 10.9. The minimum atomic E-state index is -4.11. The van der Waals surface area contributed by atoms with Gasteiger partial charge in [0.2, 0.25) is 0 Å². The van der Waals surface area contributed by atoms with Gasteiger partial charge in [0.05, 0.1) is 18.6 Å². The molecule has 2 aliphatic heterocycles. The van der Waals surface area contributed by atoms with Crippen LogP contribution in [-0.2, 0) is 19.6 Å². The van der Waals surface area contributed by atoms with Crippen LogP contribution in [0.25, 0.3) is 0 Å². The Labute approximate surface area is 191 Å². The molecule has 2 fully saturated rings. The highest BCUT2D eigenvalue weighted by atomic mass is 32.2. The first-order chi connectivity index (χ1) is 15.2. The number of nitrogens with zero attached hydrogens (tertiary/aromatic N) is 2. The van der Waals surface area contributed by atoms with E-state index in [0.29, 0.717) is 11.3 Å². The SMILES string of the molecule is COc1ccc([C@H]2[C@@H](C(=O)N3CCOC3=O)NC(=S)N2S(=O)(=O)c2ccc(C)cc2)cc1. The van der Waals surface area contributed by atoms with E-state index >= 15 is 0 Å². The van der Waals surface area contributed by atoms with Crippen molar-refractivity contribution < 1.29 is 27.5 Å². The number of nitrogens with one attached hydrogen (secondary N) is 1. The average Bonchev–Trinajstić information content (AvgIpc) is 3.37. The number of ether oxygens (including phenoxy) is 2. The molecule has 2 aliphatic rings. The molecule has 4 rings (SSSR count). The number of carbonyl (C=O) groups excluding carboxylic acids is 2. The quantitative estimate of drug-likeness (QED) is 0.655. The van der Waals surface area contributed by atoms with Crippen LogP contribution in [0.2, 0.25) is 0 Å². The molecule has 0 spiro atoms. The molecule has 9 nitrogen and oxygen atoms in total. The molecule has 0 radical (unpaired) electrons. The lowest BCUT2D eigenvalue weighted by molar-refractivity contribution is -0.130. The zero-order chi connectivity index (χ0) is 23.0. The molecular weight excluding hydrogens is 454 g/mol. The third-order valence-electron chi connectivity index (χ3n) is 5.38. The van der Waals surface area contributed by atoms with Crippen molar-refractivity contribution >= 4 is 39.4 Å². The number of benzene rings is 2. The number of carbonyl (C=O) groups is 2. The lowest BCUT2D eigenvalue weighted by Crippen LogP contribution is -2.47. The van der Waals surface area contributed by atoms with Crippen LogP contribution in [0.3, 0.4) is 0 Å². The first-order valence-electron chi connectivity index (χ1n) is 9.77. The van der Waals surface area contributed by atoms with E-state index in [2.05, 4.69) is 5.32 Å². The van der Waals surface area contributed by atoms with Gasteiger partial charge in [0.1, 0.15) is 24.4 Å². The van der Waals surface area contributed by atoms with E-state index in [1.807, 2.05) is 6.92 Å². The molecule has 11 heteroatoms. The Bertz CT molecular complexity index is 1170. The summed E-state index contributed by atoms with van der Waals surface area (Å²) in [6.45, 7) is 2.02. The average molecular weight is 476 g/mol. The van der Waals surface area contributed by atoms with Crippen LogP contribution in [0.4, 0.5) is 4.79 Å². The highest BCUT2D eigenvalue weighted by Crippen LogP contribution is 2.36. The van der Waals surface area contributed by atoms with Gasteiger partial charge in [0.15, 0.2) is 5.11 Å². The predicted molar refractivity (Wildman–Crippen MR) is 119 cm³/mol. The zero-order valence-electron chi connectivity index (χ0n) is 17.3. The molecule has 0 aliphatic carbocycles. The number of imide groups is 1. The highest BCUT2D eigenvalue weighted by Gasteiger charge is 2.50. The lowest BCUT2D eigenvalue weighted by atomic mass is 9.99. The molecule has 2 amide bonds. The number of cyclic esters (lactones) is 1. The number of sulfonamides is 1. The monoisotopic (exact) mass is 475 g/mol. The van der Waals surface area contributed by atoms with E-state index in [-0.39, 0.29) is 23.2 Å². The third kappa shape index (κ3) is 3.78. The molecule has 2 heterocycles. The summed E-state index contributed by atoms with van der Waals surface area (Å²) in [5, 5.41) is 2.69. The van der Waals surface area contributed by atoms with Crippen molar-refractivity contribution in [2.45, 2.75) is 23.9 Å². The third-order valence-corrected chi connectivity index (χ3v) is 7.60. The van der Waals surface area contributed by atoms with Crippen LogP contribution in [0.15, 0.2) is 53.4 Å². The first kappa shape index (κ1) is 22.0. The molecule has 32 heavy (non-hydrogen) atoms. The van der Waals surface area contributed by atoms with Gasteiger partial charge in [-0.05, 0) is 49.0 Å². The molecular formula is C21H21N3O6S2. The number of amides is 2. The van der Waals surface area contributed by atoms with Crippen LogP contribution < -0.4 is 10.1 Å². The summed E-state index contributed by atoms with van der Waals surface area (Å²) in [5.41, 5.74) is 1.41. The fraction of sp³-hybridized carbons (Fsp3) is 0.286. The largest absolute Gasteiger partial charge is 0.497 e. The van der Waals surface area contributed by atoms with E-state index in [9.17, 15) is 18.0 Å². The van der Waals surface area contributed by atoms with Gasteiger partial charge in [0, 0.05) is 0 Å². The molecule has 2 atom stereocenters. The summed E-state index contributed by atoms with van der Waals surface area (Å²) in [4.78, 5) is 26.2. The van der Waals surface area contributed by atoms with Crippen LogP contribution >= 0.6 is 12.2 Å². The lowest BCUT2D eigenvalue weighted by Gasteiger charge is -2.28. The van der Waals surface area contributed by atoms with Crippen molar-refractivity contribution in [1.29, 1.82) is 0 Å². The summed E-state index contributed by atoms with van der Waals surface area (Å²) >= 11 is 5.36. The Hall–Kier alpha value is -3.18. The predicted octanol–water partition coefficient (Wildman–Crippen LogP) is 1.97. The van der Waals surface area contributed by atoms with Crippen LogP contribution in [0.5, 0.6) is 5.75 Å². The van der Waals surface area contributed by atoms with E-state index in [1.54, 1.807) is 36.4 Å². The topological polar surface area (TPSA) is 105 Å². The van der Waals surface area contributed by atoms with E-state index in [4.69, 9.17) is 21.7 Å². The van der Waals surface area contributed by atoms with Gasteiger partial charge in [-0.15, -0.1) is 0 Å². The van der Waals surface area contributed by atoms with Crippen molar-refractivity contribution in [3.63, 3.8) is 0 Å². The Morgan fingerprint density at radius 1 is 1.16 bits per heavy atom. The second-order valence-corrected chi connectivity index (χ2v) is 9.56. The minimum Gasteiger partial charge on any atom is -0.497 e. The van der Waals surface area contributed by atoms with Crippen LogP contribution in [-0.4, -0.2) is 61.0 Å². The molecule has 168 valence electrons. The van der Waals surface area contributed by atoms with Crippen molar-refractivity contribution in [1.82, 2.24) is 14.5 Å². The second kappa shape index (κ2) is 8.40. The summed E-state index contributed by atoms with van der Waals surface area (Å²) in [5.74, 6) is -0.0431. The minimum absolute atomic E-state index is 0.0412. The van der Waals surface area contributed by atoms with Gasteiger partial charge < -0.3 is 14.8 Å². The number of methoxy groups -OCH3 is 1. The van der Waals surface area contributed by atoms with Crippen molar-refractivity contribution in [2.24, 2.45) is 0 Å². The second-order valence-electron chi connectivity index (χ2n) is 7.36. The van der Waals surface area contributed by atoms with Gasteiger partial charge in [-0.3, -0.25) is 4.79 Å². The Balaban J connectivity index is 1.80. The zero-order valence-corrected chi connectivity index (χ0v) is 19.0. The Kier molecular flexibility index (Phi) is 5.78. The summed E-state index contributed by atoms with van der Waals surface area (Å²) < 4.78 is 38.2. The smallest absolute Gasteiger partial charge is 0.416 e. The number of hydrogen-bond donors (Lipinski definition) is 1. The molecule has 0 saturated carbocycles. The normalized spacial score (nSPS) is 20.8. The van der Waals surface area contributed by atoms with Gasteiger partial charge >= 0.3 is 6.09 Å². The van der Waals surface area contributed by atoms with E-state index < -0.39 is 34.1 Å². The molecule has 1 N–H and O–H groups in total. The molecule has 2 aromatic carbocycles. The Morgan fingerprint density at radius 3 is 2.38 bits per heavy atom. The molecule has 0 bridgehead atoms. The fourth-order valence-corrected chi connectivity index (χ4v) is 5.76. The summed E-state index contributed by atoms with van der Waals surface area (Å²) in [7, 11) is -2.60. The number of hydrogen-bond acceptors (Lipinski definition) is 7. The molecule has 2 saturated heterocycles. The maximum atomic E-state index is 13.6. The van der Waals surface area contributed by atoms with Crippen LogP contribution in [0, 0.1) is 6.92 Å². The van der Waals surface area contributed by atoms with Gasteiger partial charge in [-0.1, -0.05) is 29.8 Å². The number of thiocarbonyl (C=S) groups is 1. The molecule has 0 aromatic heterocycles. The van der Waals surface area contributed by atoms with Gasteiger partial charge in [-0.2, -0.15) is 0 Å². The highest BCUT2D eigenvalue weighted by molar-refractivity contribution is 7.91. The number of aryl methyl sites for hydroxylation is 1. The van der Waals surface area contributed by atoms with E-state index in [0.717, 1.165) is 14.8 Å². The molecule has 0 unspecified atom stereocenters. The van der Waals surface area contributed by atoms with Gasteiger partial charge in [0.25, 0.3) is 15.9 Å². The maximum absolute atomic E-state index is 13.6. The van der Waals surface area contributed by atoms with Crippen molar-refractivity contribution in [3.05, 3.63) is 59.7 Å². The standard InChI is InChI=1S/C21H21N3O6S2/c1-13-3-9-16(10-4-13)32(27,28)24-18(14-5-7-15(29-2)8-6-14)17(22-20(24)31)19(25)23-11-12-30-21(23)26/h3-10,17-18H,11-12H2,1-2H3,(H,22,31)/t17-,18-/m0/s1. The molecule has 2 aromatic rings. The Morgan fingerprint density at radius 2 is 1.81 bits per heavy atom. The van der Waals surface area contributed by atoms with Crippen LogP contribution in [0.1, 0.15) is 17.2 Å². The maximum Gasteiger partial charge on any atom is 0.416 e. The van der Waals surface area contributed by atoms with Gasteiger partial charge in [-0.25, -0.2) is 22.4 Å². The summed E-state index contributed by atoms with van der Waals surface area (Å²) in [6.07, 6.45) is -0.768. The number of rotatable bonds is 5. The first-order valence-corrected chi connectivity index (χ1v) is 11.6. The van der Waals surface area contributed by atoms with Crippen molar-refractivity contribution in [3.8, 4) is 5.75 Å². The fourth-order valence-electron chi connectivity index (χ4n) is 3.71.